The number of hydrogen-bond acceptors (Lipinski definition) is 4. The lowest BCUT2D eigenvalue weighted by atomic mass is 10.1. The zero-order valence-electron chi connectivity index (χ0n) is 12.8. The number of nitrogens with one attached hydrogen (secondary N) is 1. The Bertz CT molecular complexity index is 630. The Hall–Kier alpha value is -2.12. The van der Waals surface area contributed by atoms with Gasteiger partial charge in [-0.05, 0) is 25.6 Å². The van der Waals surface area contributed by atoms with Crippen LogP contribution < -0.4 is 5.32 Å². The molecule has 110 valence electrons. The number of fused-ring (bicyclic) bond motifs is 1. The van der Waals surface area contributed by atoms with Crippen molar-refractivity contribution >= 4 is 16.6 Å². The fraction of sp³-hybridized carbons (Fsp3) is 0.412. The summed E-state index contributed by atoms with van der Waals surface area (Å²) in [6, 6.07) is 10.1. The molecule has 0 unspecified atom stereocenters. The summed E-state index contributed by atoms with van der Waals surface area (Å²) in [6.07, 6.45) is 2.81. The molecule has 4 heteroatoms. The predicted molar refractivity (Wildman–Crippen MR) is 87.4 cm³/mol. The van der Waals surface area contributed by atoms with Crippen LogP contribution in [0.3, 0.4) is 0 Å². The Labute approximate surface area is 126 Å². The lowest BCUT2D eigenvalue weighted by Crippen LogP contribution is -2.29. The minimum absolute atomic E-state index is 0.604. The molecule has 1 heterocycles. The number of nitrogens with zero attached hydrogens (tertiary/aromatic N) is 3. The van der Waals surface area contributed by atoms with Crippen LogP contribution in [0.15, 0.2) is 30.5 Å². The smallest absolute Gasteiger partial charge is 0.103 e. The lowest BCUT2D eigenvalue weighted by Gasteiger charge is -2.20. The summed E-state index contributed by atoms with van der Waals surface area (Å²) in [5.41, 5.74) is 2.42. The van der Waals surface area contributed by atoms with E-state index in [9.17, 15) is 5.26 Å². The zero-order valence-corrected chi connectivity index (χ0v) is 12.8. The molecule has 0 fully saturated rings. The van der Waals surface area contributed by atoms with Crippen LogP contribution in [0.2, 0.25) is 0 Å². The summed E-state index contributed by atoms with van der Waals surface area (Å²) in [7, 11) is 0. The SMILES string of the molecule is CCCN(CC)CCNc1c(C#N)cnc2ccccc12. The summed E-state index contributed by atoms with van der Waals surface area (Å²) in [5.74, 6) is 0. The molecule has 0 spiro atoms. The second-order valence-electron chi connectivity index (χ2n) is 5.04. The highest BCUT2D eigenvalue weighted by atomic mass is 15.1. The number of benzene rings is 1. The minimum atomic E-state index is 0.604. The van der Waals surface area contributed by atoms with Crippen molar-refractivity contribution in [2.75, 3.05) is 31.5 Å². The second kappa shape index (κ2) is 7.61. The van der Waals surface area contributed by atoms with Crippen molar-refractivity contribution in [2.24, 2.45) is 0 Å². The molecule has 21 heavy (non-hydrogen) atoms. The van der Waals surface area contributed by atoms with Crippen molar-refractivity contribution in [1.29, 1.82) is 5.26 Å². The molecule has 0 aliphatic rings. The van der Waals surface area contributed by atoms with E-state index in [1.807, 2.05) is 24.3 Å². The van der Waals surface area contributed by atoms with Crippen LogP contribution in [0.1, 0.15) is 25.8 Å². The van der Waals surface area contributed by atoms with E-state index in [1.54, 1.807) is 6.20 Å². The topological polar surface area (TPSA) is 52.0 Å². The van der Waals surface area contributed by atoms with Gasteiger partial charge in [-0.25, -0.2) is 0 Å². The summed E-state index contributed by atoms with van der Waals surface area (Å²) in [4.78, 5) is 6.73. The number of anilines is 1. The molecule has 1 aromatic carbocycles. The van der Waals surface area contributed by atoms with Gasteiger partial charge in [-0.2, -0.15) is 5.26 Å². The normalized spacial score (nSPS) is 10.8. The highest BCUT2D eigenvalue weighted by Crippen LogP contribution is 2.24. The Kier molecular flexibility index (Phi) is 5.53. The van der Waals surface area contributed by atoms with E-state index in [0.29, 0.717) is 5.56 Å². The molecule has 4 nitrogen and oxygen atoms in total. The van der Waals surface area contributed by atoms with Crippen LogP contribution in [-0.4, -0.2) is 36.1 Å². The average Bonchev–Trinajstić information content (AvgIpc) is 2.54. The van der Waals surface area contributed by atoms with Crippen LogP contribution in [0.25, 0.3) is 10.9 Å². The van der Waals surface area contributed by atoms with Gasteiger partial charge in [0.1, 0.15) is 6.07 Å². The number of rotatable bonds is 7. The molecular formula is C17H22N4. The van der Waals surface area contributed by atoms with Gasteiger partial charge in [0.15, 0.2) is 0 Å². The molecular weight excluding hydrogens is 260 g/mol. The number of para-hydroxylation sites is 1. The zero-order chi connectivity index (χ0) is 15.1. The quantitative estimate of drug-likeness (QED) is 0.847. The van der Waals surface area contributed by atoms with Gasteiger partial charge in [-0.3, -0.25) is 4.98 Å². The molecule has 2 rings (SSSR count). The van der Waals surface area contributed by atoms with Crippen LogP contribution in [0.4, 0.5) is 5.69 Å². The molecule has 0 amide bonds. The minimum Gasteiger partial charge on any atom is -0.382 e. The standard InChI is InChI=1S/C17H22N4/c1-3-10-21(4-2)11-9-19-17-14(12-18)13-20-16-8-6-5-7-15(16)17/h5-8,13H,3-4,9-11H2,1-2H3,(H,19,20). The highest BCUT2D eigenvalue weighted by Gasteiger charge is 2.08. The summed E-state index contributed by atoms with van der Waals surface area (Å²) in [6.45, 7) is 8.35. The Balaban J connectivity index is 2.15. The van der Waals surface area contributed by atoms with Crippen LogP contribution in [0, 0.1) is 11.3 Å². The first-order chi connectivity index (χ1) is 10.3. The third kappa shape index (κ3) is 3.71. The van der Waals surface area contributed by atoms with Gasteiger partial charge in [-0.15, -0.1) is 0 Å². The van der Waals surface area contributed by atoms with E-state index >= 15 is 0 Å². The Morgan fingerprint density at radius 1 is 1.24 bits per heavy atom. The number of hydrogen-bond donors (Lipinski definition) is 1. The van der Waals surface area contributed by atoms with Crippen LogP contribution in [-0.2, 0) is 0 Å². The van der Waals surface area contributed by atoms with Crippen molar-refractivity contribution in [3.63, 3.8) is 0 Å². The molecule has 0 saturated heterocycles. The first kappa shape index (κ1) is 15.3. The number of nitriles is 1. The molecule has 0 radical (unpaired) electrons. The molecule has 0 atom stereocenters. The molecule has 0 bridgehead atoms. The maximum Gasteiger partial charge on any atom is 0.103 e. The first-order valence-corrected chi connectivity index (χ1v) is 7.54. The summed E-state index contributed by atoms with van der Waals surface area (Å²) in [5, 5.41) is 13.7. The predicted octanol–water partition coefficient (Wildman–Crippen LogP) is 3.25. The van der Waals surface area contributed by atoms with Gasteiger partial charge in [0.2, 0.25) is 0 Å². The van der Waals surface area contributed by atoms with Crippen molar-refractivity contribution < 1.29 is 0 Å². The number of likely N-dealkylation sites (N-methyl/N-ethyl adjacent to an activating group) is 1. The highest BCUT2D eigenvalue weighted by molar-refractivity contribution is 5.93. The van der Waals surface area contributed by atoms with E-state index in [2.05, 4.69) is 35.1 Å². The molecule has 0 saturated carbocycles. The van der Waals surface area contributed by atoms with E-state index < -0.39 is 0 Å². The lowest BCUT2D eigenvalue weighted by molar-refractivity contribution is 0.300. The van der Waals surface area contributed by atoms with E-state index in [0.717, 1.165) is 49.2 Å². The second-order valence-corrected chi connectivity index (χ2v) is 5.04. The number of pyridine rings is 1. The van der Waals surface area contributed by atoms with Gasteiger partial charge in [0.05, 0.1) is 16.8 Å². The molecule has 0 aliphatic carbocycles. The fourth-order valence-corrected chi connectivity index (χ4v) is 2.50. The largest absolute Gasteiger partial charge is 0.382 e. The summed E-state index contributed by atoms with van der Waals surface area (Å²) < 4.78 is 0. The van der Waals surface area contributed by atoms with Crippen molar-refractivity contribution in [3.05, 3.63) is 36.0 Å². The van der Waals surface area contributed by atoms with Gasteiger partial charge >= 0.3 is 0 Å². The molecule has 0 aliphatic heterocycles. The number of aromatic nitrogens is 1. The maximum atomic E-state index is 9.28. The van der Waals surface area contributed by atoms with Gasteiger partial charge < -0.3 is 10.2 Å². The van der Waals surface area contributed by atoms with Gasteiger partial charge in [0, 0.05) is 24.7 Å². The Morgan fingerprint density at radius 3 is 2.76 bits per heavy atom. The first-order valence-electron chi connectivity index (χ1n) is 7.54. The third-order valence-corrected chi connectivity index (χ3v) is 3.61. The van der Waals surface area contributed by atoms with E-state index in [4.69, 9.17) is 0 Å². The van der Waals surface area contributed by atoms with Crippen molar-refractivity contribution in [3.8, 4) is 6.07 Å². The third-order valence-electron chi connectivity index (χ3n) is 3.61. The fourth-order valence-electron chi connectivity index (χ4n) is 2.50. The average molecular weight is 282 g/mol. The molecule has 2 aromatic rings. The molecule has 1 N–H and O–H groups in total. The van der Waals surface area contributed by atoms with E-state index in [-0.39, 0.29) is 0 Å². The summed E-state index contributed by atoms with van der Waals surface area (Å²) >= 11 is 0. The van der Waals surface area contributed by atoms with Crippen molar-refractivity contribution in [1.82, 2.24) is 9.88 Å². The Morgan fingerprint density at radius 2 is 2.05 bits per heavy atom. The van der Waals surface area contributed by atoms with Gasteiger partial charge in [0.25, 0.3) is 0 Å². The molecule has 1 aromatic heterocycles. The van der Waals surface area contributed by atoms with Crippen LogP contribution >= 0.6 is 0 Å². The monoisotopic (exact) mass is 282 g/mol. The van der Waals surface area contributed by atoms with E-state index in [1.165, 1.54) is 0 Å². The van der Waals surface area contributed by atoms with Crippen molar-refractivity contribution in [2.45, 2.75) is 20.3 Å². The maximum absolute atomic E-state index is 9.28. The van der Waals surface area contributed by atoms with Crippen LogP contribution in [0.5, 0.6) is 0 Å². The van der Waals surface area contributed by atoms with Gasteiger partial charge in [-0.1, -0.05) is 32.0 Å².